The number of hydrogen-bond donors (Lipinski definition) is 0. The number of carbonyl (C=O) groups excluding carboxylic acids is 3. The van der Waals surface area contributed by atoms with Crippen LogP contribution in [-0.4, -0.2) is 17.3 Å². The van der Waals surface area contributed by atoms with Gasteiger partial charge < -0.3 is 0 Å². The quantitative estimate of drug-likeness (QED) is 0.723. The second-order valence-electron chi connectivity index (χ2n) is 5.24. The van der Waals surface area contributed by atoms with Crippen LogP contribution in [0.1, 0.15) is 35.2 Å². The maximum Gasteiger partial charge on any atom is 0.171 e. The molecule has 2 atom stereocenters. The van der Waals surface area contributed by atoms with Crippen LogP contribution in [0.4, 0.5) is 0 Å². The summed E-state index contributed by atoms with van der Waals surface area (Å²) in [6.07, 6.45) is 0.836. The Labute approximate surface area is 111 Å². The van der Waals surface area contributed by atoms with Crippen LogP contribution in [0.3, 0.4) is 0 Å². The standard InChI is InChI=1S/C16H14O3/c1-9-11-4-2-3-5-12(11)16(19)15(9)13-7-6-10(17)8-14(13)18/h2-5,13,15H,1,6-8H2. The Hall–Kier alpha value is -2.03. The molecule has 0 N–H and O–H groups in total. The summed E-state index contributed by atoms with van der Waals surface area (Å²) in [6.45, 7) is 4.00. The van der Waals surface area contributed by atoms with Gasteiger partial charge in [0.15, 0.2) is 5.78 Å². The molecule has 0 spiro atoms. The number of benzene rings is 1. The number of carbonyl (C=O) groups is 3. The first-order valence-corrected chi connectivity index (χ1v) is 6.46. The average molecular weight is 254 g/mol. The molecule has 1 aromatic rings. The van der Waals surface area contributed by atoms with Crippen molar-refractivity contribution in [2.24, 2.45) is 11.8 Å². The van der Waals surface area contributed by atoms with Gasteiger partial charge in [0.1, 0.15) is 11.6 Å². The zero-order chi connectivity index (χ0) is 13.6. The van der Waals surface area contributed by atoms with E-state index >= 15 is 0 Å². The third-order valence-corrected chi connectivity index (χ3v) is 4.12. The van der Waals surface area contributed by atoms with Gasteiger partial charge >= 0.3 is 0 Å². The van der Waals surface area contributed by atoms with E-state index in [1.54, 1.807) is 6.07 Å². The monoisotopic (exact) mass is 254 g/mol. The smallest absolute Gasteiger partial charge is 0.171 e. The summed E-state index contributed by atoms with van der Waals surface area (Å²) in [5, 5.41) is 0. The molecule has 3 nitrogen and oxygen atoms in total. The van der Waals surface area contributed by atoms with Gasteiger partial charge in [0.05, 0.1) is 12.3 Å². The molecule has 1 aromatic carbocycles. The van der Waals surface area contributed by atoms with E-state index in [-0.39, 0.29) is 29.7 Å². The first kappa shape index (κ1) is 12.0. The minimum atomic E-state index is -0.460. The van der Waals surface area contributed by atoms with E-state index in [0.29, 0.717) is 18.4 Å². The molecule has 2 unspecified atom stereocenters. The van der Waals surface area contributed by atoms with Crippen molar-refractivity contribution in [2.45, 2.75) is 19.3 Å². The van der Waals surface area contributed by atoms with Gasteiger partial charge in [-0.15, -0.1) is 0 Å². The molecule has 0 saturated heterocycles. The Balaban J connectivity index is 1.96. The molecule has 0 heterocycles. The number of Topliss-reactive ketones (excluding diaryl/α,β-unsaturated/α-hetero) is 3. The highest BCUT2D eigenvalue weighted by atomic mass is 16.2. The second kappa shape index (κ2) is 4.26. The normalized spacial score (nSPS) is 26.7. The van der Waals surface area contributed by atoms with Crippen LogP contribution in [0.5, 0.6) is 0 Å². The van der Waals surface area contributed by atoms with Crippen molar-refractivity contribution < 1.29 is 14.4 Å². The van der Waals surface area contributed by atoms with Gasteiger partial charge in [-0.25, -0.2) is 0 Å². The molecule has 19 heavy (non-hydrogen) atoms. The molecule has 1 fully saturated rings. The molecule has 0 bridgehead atoms. The van der Waals surface area contributed by atoms with Crippen molar-refractivity contribution in [3.8, 4) is 0 Å². The summed E-state index contributed by atoms with van der Waals surface area (Å²) in [5.41, 5.74) is 2.23. The molecule has 0 aromatic heterocycles. The SMILES string of the molecule is C=C1c2ccccc2C(=O)C1C1CCC(=O)CC1=O. The first-order chi connectivity index (χ1) is 9.09. The van der Waals surface area contributed by atoms with E-state index in [2.05, 4.69) is 6.58 Å². The third-order valence-electron chi connectivity index (χ3n) is 4.12. The predicted molar refractivity (Wildman–Crippen MR) is 70.7 cm³/mol. The Morgan fingerprint density at radius 1 is 1.05 bits per heavy atom. The van der Waals surface area contributed by atoms with Gasteiger partial charge in [0.25, 0.3) is 0 Å². The lowest BCUT2D eigenvalue weighted by Gasteiger charge is -2.25. The van der Waals surface area contributed by atoms with Crippen LogP contribution < -0.4 is 0 Å². The topological polar surface area (TPSA) is 51.2 Å². The Morgan fingerprint density at radius 2 is 1.74 bits per heavy atom. The molecular weight excluding hydrogens is 240 g/mol. The molecule has 96 valence electrons. The van der Waals surface area contributed by atoms with Gasteiger partial charge in [-0.1, -0.05) is 30.8 Å². The minimum Gasteiger partial charge on any atom is -0.299 e. The Morgan fingerprint density at radius 3 is 2.37 bits per heavy atom. The minimum absolute atomic E-state index is 0.0187. The Kier molecular flexibility index (Phi) is 2.70. The molecule has 1 saturated carbocycles. The van der Waals surface area contributed by atoms with Crippen molar-refractivity contribution in [1.29, 1.82) is 0 Å². The van der Waals surface area contributed by atoms with Crippen molar-refractivity contribution in [2.75, 3.05) is 0 Å². The largest absolute Gasteiger partial charge is 0.299 e. The fourth-order valence-corrected chi connectivity index (χ4v) is 3.14. The van der Waals surface area contributed by atoms with Crippen molar-refractivity contribution in [3.05, 3.63) is 42.0 Å². The predicted octanol–water partition coefficient (Wildman–Crippen LogP) is 2.45. The van der Waals surface area contributed by atoms with E-state index in [0.717, 1.165) is 11.1 Å². The third kappa shape index (κ3) is 1.77. The van der Waals surface area contributed by atoms with E-state index in [9.17, 15) is 14.4 Å². The van der Waals surface area contributed by atoms with Gasteiger partial charge in [-0.3, -0.25) is 14.4 Å². The average Bonchev–Trinajstić information content (AvgIpc) is 2.64. The number of fused-ring (bicyclic) bond motifs is 1. The van der Waals surface area contributed by atoms with Crippen LogP contribution in [-0.2, 0) is 9.59 Å². The Bertz CT molecular complexity index is 577. The van der Waals surface area contributed by atoms with Crippen molar-refractivity contribution >= 4 is 22.9 Å². The summed E-state index contributed by atoms with van der Waals surface area (Å²) in [7, 11) is 0. The number of ketones is 3. The first-order valence-electron chi connectivity index (χ1n) is 6.46. The molecule has 0 aliphatic heterocycles. The molecule has 2 aliphatic rings. The molecule has 0 amide bonds. The van der Waals surface area contributed by atoms with Crippen molar-refractivity contribution in [3.63, 3.8) is 0 Å². The molecule has 3 heteroatoms. The summed E-state index contributed by atoms with van der Waals surface area (Å²) in [5.74, 6) is -0.977. The lowest BCUT2D eigenvalue weighted by Crippen LogP contribution is -2.33. The summed E-state index contributed by atoms with van der Waals surface area (Å²) in [6, 6.07) is 7.33. The zero-order valence-corrected chi connectivity index (χ0v) is 10.5. The van der Waals surface area contributed by atoms with Crippen molar-refractivity contribution in [1.82, 2.24) is 0 Å². The van der Waals surface area contributed by atoms with Gasteiger partial charge in [-0.2, -0.15) is 0 Å². The number of hydrogen-bond acceptors (Lipinski definition) is 3. The molecule has 0 radical (unpaired) electrons. The van der Waals surface area contributed by atoms with Crippen LogP contribution in [0.2, 0.25) is 0 Å². The van der Waals surface area contributed by atoms with Gasteiger partial charge in [-0.05, 0) is 17.6 Å². The van der Waals surface area contributed by atoms with Crippen LogP contribution in [0, 0.1) is 11.8 Å². The van der Waals surface area contributed by atoms with E-state index in [1.165, 1.54) is 0 Å². The van der Waals surface area contributed by atoms with E-state index < -0.39 is 5.92 Å². The highest BCUT2D eigenvalue weighted by Gasteiger charge is 2.43. The number of rotatable bonds is 1. The molecule has 2 aliphatic carbocycles. The molecule has 3 rings (SSSR count). The molecular formula is C16H14O3. The lowest BCUT2D eigenvalue weighted by molar-refractivity contribution is -0.133. The summed E-state index contributed by atoms with van der Waals surface area (Å²) < 4.78 is 0. The second-order valence-corrected chi connectivity index (χ2v) is 5.24. The highest BCUT2D eigenvalue weighted by Crippen LogP contribution is 2.43. The van der Waals surface area contributed by atoms with E-state index in [4.69, 9.17) is 0 Å². The fraction of sp³-hybridized carbons (Fsp3) is 0.312. The highest BCUT2D eigenvalue weighted by molar-refractivity contribution is 6.16. The number of allylic oxidation sites excluding steroid dienone is 1. The van der Waals surface area contributed by atoms with E-state index in [1.807, 2.05) is 18.2 Å². The fourth-order valence-electron chi connectivity index (χ4n) is 3.14. The van der Waals surface area contributed by atoms with Gasteiger partial charge in [0, 0.05) is 17.9 Å². The maximum atomic E-state index is 12.4. The zero-order valence-electron chi connectivity index (χ0n) is 10.5. The summed E-state index contributed by atoms with van der Waals surface area (Å²) in [4.78, 5) is 35.7. The summed E-state index contributed by atoms with van der Waals surface area (Å²) >= 11 is 0. The van der Waals surface area contributed by atoms with Crippen LogP contribution in [0.25, 0.3) is 5.57 Å². The van der Waals surface area contributed by atoms with Crippen LogP contribution in [0.15, 0.2) is 30.8 Å². The maximum absolute atomic E-state index is 12.4. The lowest BCUT2D eigenvalue weighted by atomic mass is 9.75. The van der Waals surface area contributed by atoms with Gasteiger partial charge in [0.2, 0.25) is 0 Å². The van der Waals surface area contributed by atoms with Crippen LogP contribution >= 0.6 is 0 Å².